The van der Waals surface area contributed by atoms with Crippen LogP contribution in [0.4, 0.5) is 8.78 Å². The van der Waals surface area contributed by atoms with Crippen LogP contribution in [0.2, 0.25) is 0 Å². The molecule has 1 heterocycles. The van der Waals surface area contributed by atoms with Crippen LogP contribution in [0.3, 0.4) is 0 Å². The van der Waals surface area contributed by atoms with E-state index in [4.69, 9.17) is 5.14 Å². The zero-order valence-corrected chi connectivity index (χ0v) is 20.2. The Labute approximate surface area is 200 Å². The molecule has 0 spiro atoms. The second-order valence-electron chi connectivity index (χ2n) is 6.87. The van der Waals surface area contributed by atoms with Gasteiger partial charge in [-0.15, -0.1) is 0 Å². The molecule has 0 saturated heterocycles. The van der Waals surface area contributed by atoms with Gasteiger partial charge in [-0.1, -0.05) is 56.1 Å². The lowest BCUT2D eigenvalue weighted by Gasteiger charge is -2.12. The zero-order chi connectivity index (χ0) is 23.0. The third-order valence-corrected chi connectivity index (χ3v) is 6.77. The van der Waals surface area contributed by atoms with Gasteiger partial charge in [0.05, 0.1) is 16.3 Å². The zero-order valence-electron chi connectivity index (χ0n) is 16.2. The average molecular weight is 583 g/mol. The lowest BCUT2D eigenvalue weighted by molar-refractivity contribution is 0.146. The smallest absolute Gasteiger partial charge is 0.232 e. The summed E-state index contributed by atoms with van der Waals surface area (Å²) in [5.74, 6) is 0. The second-order valence-corrected chi connectivity index (χ2v) is 10.3. The van der Waals surface area contributed by atoms with E-state index in [1.807, 2.05) is 0 Å². The summed E-state index contributed by atoms with van der Waals surface area (Å²) in [5, 5.41) is 9.46. The van der Waals surface area contributed by atoms with Crippen LogP contribution >= 0.6 is 31.9 Å². The maximum atomic E-state index is 14.1. The number of alkyl halides is 2. The number of halogens is 4. The number of nitrogens with two attached hydrogens (primary N) is 1. The van der Waals surface area contributed by atoms with Crippen LogP contribution < -0.4 is 5.14 Å². The number of nitrogens with zero attached hydrogens (tertiary/aromatic N) is 2. The second kappa shape index (κ2) is 8.86. The maximum Gasteiger partial charge on any atom is 0.282 e. The van der Waals surface area contributed by atoms with Crippen molar-refractivity contribution in [3.8, 4) is 28.1 Å². The molecule has 0 unspecified atom stereocenters. The van der Waals surface area contributed by atoms with Crippen LogP contribution in [-0.4, -0.2) is 18.2 Å². The lowest BCUT2D eigenvalue weighted by atomic mass is 9.98. The van der Waals surface area contributed by atoms with Crippen molar-refractivity contribution < 1.29 is 17.2 Å². The highest BCUT2D eigenvalue weighted by Crippen LogP contribution is 2.41. The van der Waals surface area contributed by atoms with E-state index in [1.165, 1.54) is 28.9 Å². The van der Waals surface area contributed by atoms with Gasteiger partial charge in [0.1, 0.15) is 5.69 Å². The Morgan fingerprint density at radius 3 is 1.81 bits per heavy atom. The Morgan fingerprint density at radius 2 is 1.31 bits per heavy atom. The van der Waals surface area contributed by atoms with Crippen LogP contribution in [0.25, 0.3) is 28.1 Å². The Morgan fingerprint density at radius 1 is 0.812 bits per heavy atom. The molecule has 10 heteroatoms. The van der Waals surface area contributed by atoms with Crippen molar-refractivity contribution in [1.82, 2.24) is 9.78 Å². The Kier molecular flexibility index (Phi) is 6.30. The van der Waals surface area contributed by atoms with Crippen molar-refractivity contribution in [2.75, 3.05) is 0 Å². The number of benzene rings is 3. The minimum atomic E-state index is -3.90. The minimum Gasteiger partial charge on any atom is -0.232 e. The molecule has 0 saturated carbocycles. The van der Waals surface area contributed by atoms with Gasteiger partial charge < -0.3 is 0 Å². The van der Waals surface area contributed by atoms with Gasteiger partial charge in [-0.05, 0) is 54.1 Å². The minimum absolute atomic E-state index is 0.0739. The fourth-order valence-corrected chi connectivity index (χ4v) is 4.37. The van der Waals surface area contributed by atoms with E-state index in [0.717, 1.165) is 8.95 Å². The highest BCUT2D eigenvalue weighted by atomic mass is 79.9. The SMILES string of the molecule is NS(=O)(=O)c1ccc(-c2c(-c3ccc(Br)cc3)c(C(F)F)nn2-c2ccc(Br)cc2)cc1. The van der Waals surface area contributed by atoms with E-state index in [9.17, 15) is 17.2 Å². The molecule has 0 aliphatic rings. The molecule has 0 fully saturated rings. The molecule has 164 valence electrons. The van der Waals surface area contributed by atoms with Crippen LogP contribution in [0, 0.1) is 0 Å². The first-order valence-electron chi connectivity index (χ1n) is 9.21. The first kappa shape index (κ1) is 22.8. The summed E-state index contributed by atoms with van der Waals surface area (Å²) in [4.78, 5) is -0.0739. The molecule has 32 heavy (non-hydrogen) atoms. The van der Waals surface area contributed by atoms with Crippen LogP contribution in [0.1, 0.15) is 12.1 Å². The standard InChI is InChI=1S/C22H15Br2F2N3O2S/c23-15-5-1-13(2-6-15)19-20(22(25)26)28-29(17-9-7-16(24)8-10-17)21(19)14-3-11-18(12-4-14)32(27,30)31/h1-12,22H,(H2,27,30,31). The molecular weight excluding hydrogens is 568 g/mol. The molecule has 0 aliphatic heterocycles. The molecule has 2 N–H and O–H groups in total. The van der Waals surface area contributed by atoms with Crippen LogP contribution in [-0.2, 0) is 10.0 Å². The average Bonchev–Trinajstić information content (AvgIpc) is 3.15. The van der Waals surface area contributed by atoms with Crippen molar-refractivity contribution in [3.63, 3.8) is 0 Å². The summed E-state index contributed by atoms with van der Waals surface area (Å²) in [7, 11) is -3.90. The number of rotatable bonds is 5. The molecule has 0 bridgehead atoms. The monoisotopic (exact) mass is 581 g/mol. The highest BCUT2D eigenvalue weighted by molar-refractivity contribution is 9.10. The largest absolute Gasteiger partial charge is 0.282 e. The molecule has 5 nitrogen and oxygen atoms in total. The van der Waals surface area contributed by atoms with Gasteiger partial charge in [-0.3, -0.25) is 0 Å². The van der Waals surface area contributed by atoms with Gasteiger partial charge in [0.25, 0.3) is 6.43 Å². The lowest BCUT2D eigenvalue weighted by Crippen LogP contribution is -2.11. The molecule has 4 aromatic rings. The molecule has 1 aromatic heterocycles. The number of hydrogen-bond donors (Lipinski definition) is 1. The van der Waals surface area contributed by atoms with Crippen molar-refractivity contribution >= 4 is 41.9 Å². The van der Waals surface area contributed by atoms with E-state index in [1.54, 1.807) is 48.5 Å². The van der Waals surface area contributed by atoms with Gasteiger partial charge in [0, 0.05) is 20.1 Å². The molecule has 0 atom stereocenters. The van der Waals surface area contributed by atoms with E-state index in [-0.39, 0.29) is 16.2 Å². The number of hydrogen-bond acceptors (Lipinski definition) is 3. The first-order chi connectivity index (χ1) is 15.1. The summed E-state index contributed by atoms with van der Waals surface area (Å²) in [6.07, 6.45) is -2.83. The maximum absolute atomic E-state index is 14.1. The highest BCUT2D eigenvalue weighted by Gasteiger charge is 2.27. The van der Waals surface area contributed by atoms with Gasteiger partial charge in [-0.2, -0.15) is 5.10 Å². The summed E-state index contributed by atoms with van der Waals surface area (Å²) < 4.78 is 54.6. The summed E-state index contributed by atoms with van der Waals surface area (Å²) in [6, 6.07) is 19.8. The Balaban J connectivity index is 2.04. The van der Waals surface area contributed by atoms with Gasteiger partial charge in [0.15, 0.2) is 0 Å². The number of sulfonamides is 1. The van der Waals surface area contributed by atoms with Crippen molar-refractivity contribution in [2.45, 2.75) is 11.3 Å². The van der Waals surface area contributed by atoms with Crippen molar-refractivity contribution in [3.05, 3.63) is 87.4 Å². The summed E-state index contributed by atoms with van der Waals surface area (Å²) in [5.41, 5.74) is 1.93. The summed E-state index contributed by atoms with van der Waals surface area (Å²) >= 11 is 6.73. The fourth-order valence-electron chi connectivity index (χ4n) is 3.33. The van der Waals surface area contributed by atoms with Crippen molar-refractivity contribution in [2.24, 2.45) is 5.14 Å². The number of aromatic nitrogens is 2. The predicted octanol–water partition coefficient (Wildman–Crippen LogP) is 6.32. The van der Waals surface area contributed by atoms with E-state index >= 15 is 0 Å². The predicted molar refractivity (Wildman–Crippen MR) is 126 cm³/mol. The molecular formula is C22H15Br2F2N3O2S. The van der Waals surface area contributed by atoms with E-state index in [2.05, 4.69) is 37.0 Å². The van der Waals surface area contributed by atoms with Crippen LogP contribution in [0.15, 0.2) is 86.6 Å². The van der Waals surface area contributed by atoms with Crippen LogP contribution in [0.5, 0.6) is 0 Å². The summed E-state index contributed by atoms with van der Waals surface area (Å²) in [6.45, 7) is 0. The topological polar surface area (TPSA) is 78.0 Å². The Hall–Kier alpha value is -2.40. The van der Waals surface area contributed by atoms with Gasteiger partial charge in [0.2, 0.25) is 10.0 Å². The molecule has 3 aromatic carbocycles. The molecule has 0 aliphatic carbocycles. The molecule has 0 radical (unpaired) electrons. The quantitative estimate of drug-likeness (QED) is 0.299. The fraction of sp³-hybridized carbons (Fsp3) is 0.0455. The number of primary sulfonamides is 1. The third-order valence-electron chi connectivity index (χ3n) is 4.78. The van der Waals surface area contributed by atoms with Gasteiger partial charge >= 0.3 is 0 Å². The van der Waals surface area contributed by atoms with E-state index < -0.39 is 16.4 Å². The molecule has 4 rings (SSSR count). The third kappa shape index (κ3) is 4.54. The van der Waals surface area contributed by atoms with E-state index in [0.29, 0.717) is 22.5 Å². The van der Waals surface area contributed by atoms with Gasteiger partial charge in [-0.25, -0.2) is 27.0 Å². The normalized spacial score (nSPS) is 11.8. The molecule has 0 amide bonds. The first-order valence-corrected chi connectivity index (χ1v) is 12.3. The van der Waals surface area contributed by atoms with Crippen molar-refractivity contribution in [1.29, 1.82) is 0 Å². The Bertz CT molecular complexity index is 1370.